The van der Waals surface area contributed by atoms with Crippen molar-refractivity contribution in [3.63, 3.8) is 0 Å². The summed E-state index contributed by atoms with van der Waals surface area (Å²) in [7, 11) is 0. The van der Waals surface area contributed by atoms with E-state index in [-0.39, 0.29) is 30.0 Å². The molecule has 32 heavy (non-hydrogen) atoms. The zero-order valence-electron chi connectivity index (χ0n) is 17.5. The second-order valence-corrected chi connectivity index (χ2v) is 8.70. The van der Waals surface area contributed by atoms with E-state index in [1.54, 1.807) is 17.0 Å². The molecule has 0 radical (unpaired) electrons. The summed E-state index contributed by atoms with van der Waals surface area (Å²) in [6.45, 7) is 3.98. The summed E-state index contributed by atoms with van der Waals surface area (Å²) >= 11 is 9.05. The van der Waals surface area contributed by atoms with E-state index in [0.717, 1.165) is 23.6 Å². The highest BCUT2D eigenvalue weighted by atomic mass is 79.9. The van der Waals surface area contributed by atoms with Gasteiger partial charge in [-0.1, -0.05) is 27.5 Å². The molecule has 2 aromatic carbocycles. The number of urea groups is 1. The summed E-state index contributed by atoms with van der Waals surface area (Å²) in [6, 6.07) is 11.0. The van der Waals surface area contributed by atoms with Crippen molar-refractivity contribution in [1.82, 2.24) is 9.80 Å². The largest absolute Gasteiger partial charge is 0.491 e. The lowest BCUT2D eigenvalue weighted by atomic mass is 10.3. The number of ether oxygens (including phenoxy) is 2. The first-order chi connectivity index (χ1) is 15.4. The first-order valence-corrected chi connectivity index (χ1v) is 11.5. The Labute approximate surface area is 200 Å². The number of halogens is 3. The average Bonchev–Trinajstić information content (AvgIpc) is 2.79. The van der Waals surface area contributed by atoms with Gasteiger partial charge in [-0.25, -0.2) is 9.18 Å². The fraction of sp³-hybridized carbons (Fsp3) is 0.409. The van der Waals surface area contributed by atoms with E-state index in [4.69, 9.17) is 21.1 Å². The summed E-state index contributed by atoms with van der Waals surface area (Å²) in [6.07, 6.45) is -0.964. The fourth-order valence-corrected chi connectivity index (χ4v) is 3.55. The van der Waals surface area contributed by atoms with Gasteiger partial charge in [0.15, 0.2) is 0 Å². The van der Waals surface area contributed by atoms with Gasteiger partial charge < -0.3 is 24.8 Å². The lowest BCUT2D eigenvalue weighted by molar-refractivity contribution is 0.0312. The predicted octanol–water partition coefficient (Wildman–Crippen LogP) is 3.85. The number of carbonyl (C=O) groups is 1. The number of carbonyl (C=O) groups excluding carboxylic acids is 1. The van der Waals surface area contributed by atoms with E-state index in [9.17, 15) is 14.3 Å². The van der Waals surface area contributed by atoms with E-state index in [0.29, 0.717) is 32.0 Å². The van der Waals surface area contributed by atoms with Gasteiger partial charge in [-0.2, -0.15) is 0 Å². The number of anilines is 1. The third-order valence-electron chi connectivity index (χ3n) is 4.94. The minimum atomic E-state index is -0.964. The van der Waals surface area contributed by atoms with Gasteiger partial charge in [-0.3, -0.25) is 4.90 Å². The van der Waals surface area contributed by atoms with Crippen molar-refractivity contribution in [3.8, 4) is 5.75 Å². The maximum absolute atomic E-state index is 13.6. The standard InChI is InChI=1S/C22H26BrClFN3O4/c23-16-1-3-17(4-2-16)26-22(30)28(8-7-27-9-11-31-12-10-27)14-18(29)15-32-19-5-6-20(24)21(25)13-19/h1-6,13,18,29H,7-12,14-15H2,(H,26,30). The van der Waals surface area contributed by atoms with Gasteiger partial charge in [0.2, 0.25) is 0 Å². The molecule has 3 rings (SSSR count). The quantitative estimate of drug-likeness (QED) is 0.515. The third-order valence-corrected chi connectivity index (χ3v) is 5.77. The number of aliphatic hydroxyl groups excluding tert-OH is 1. The Kier molecular flexibility index (Phi) is 9.55. The maximum atomic E-state index is 13.6. The third kappa shape index (κ3) is 7.90. The monoisotopic (exact) mass is 529 g/mol. The molecule has 1 aliphatic rings. The summed E-state index contributed by atoms with van der Waals surface area (Å²) < 4.78 is 25.3. The molecule has 1 atom stereocenters. The number of hydrogen-bond acceptors (Lipinski definition) is 5. The van der Waals surface area contributed by atoms with E-state index in [2.05, 4.69) is 26.1 Å². The molecule has 1 unspecified atom stereocenters. The van der Waals surface area contributed by atoms with Crippen LogP contribution in [0.15, 0.2) is 46.9 Å². The Morgan fingerprint density at radius 3 is 2.69 bits per heavy atom. The molecule has 1 fully saturated rings. The molecule has 2 aromatic rings. The molecule has 1 aliphatic heterocycles. The normalized spacial score (nSPS) is 15.2. The van der Waals surface area contributed by atoms with Gasteiger partial charge in [0.05, 0.1) is 24.8 Å². The number of hydrogen-bond donors (Lipinski definition) is 2. The van der Waals surface area contributed by atoms with Crippen LogP contribution >= 0.6 is 27.5 Å². The highest BCUT2D eigenvalue weighted by molar-refractivity contribution is 9.10. The van der Waals surface area contributed by atoms with E-state index >= 15 is 0 Å². The highest BCUT2D eigenvalue weighted by Gasteiger charge is 2.20. The molecule has 1 saturated heterocycles. The van der Waals surface area contributed by atoms with Gasteiger partial charge in [0, 0.05) is 42.4 Å². The zero-order chi connectivity index (χ0) is 22.9. The SMILES string of the molecule is O=C(Nc1ccc(Br)cc1)N(CCN1CCOCC1)CC(O)COc1ccc(Cl)c(F)c1. The van der Waals surface area contributed by atoms with E-state index in [1.807, 2.05) is 12.1 Å². The first-order valence-electron chi connectivity index (χ1n) is 10.3. The van der Waals surface area contributed by atoms with Crippen molar-refractivity contribution in [3.05, 3.63) is 57.8 Å². The highest BCUT2D eigenvalue weighted by Crippen LogP contribution is 2.20. The first kappa shape index (κ1) is 24.7. The summed E-state index contributed by atoms with van der Waals surface area (Å²) in [5.41, 5.74) is 0.650. The second kappa shape index (κ2) is 12.4. The molecule has 2 amide bonds. The van der Waals surface area contributed by atoms with Crippen LogP contribution in [0.4, 0.5) is 14.9 Å². The molecule has 1 heterocycles. The number of nitrogens with one attached hydrogen (secondary N) is 1. The van der Waals surface area contributed by atoms with E-state index < -0.39 is 11.9 Å². The Hall–Kier alpha value is -1.91. The topological polar surface area (TPSA) is 74.3 Å². The Balaban J connectivity index is 1.58. The van der Waals surface area contributed by atoms with Crippen molar-refractivity contribution < 1.29 is 23.8 Å². The molecule has 2 N–H and O–H groups in total. The van der Waals surface area contributed by atoms with Crippen LogP contribution in [0.1, 0.15) is 0 Å². The van der Waals surface area contributed by atoms with Crippen molar-refractivity contribution in [2.24, 2.45) is 0 Å². The van der Waals surface area contributed by atoms with Crippen LogP contribution in [0.25, 0.3) is 0 Å². The van der Waals surface area contributed by atoms with Crippen LogP contribution in [0, 0.1) is 5.82 Å². The molecule has 0 aromatic heterocycles. The van der Waals surface area contributed by atoms with Crippen LogP contribution in [0.5, 0.6) is 5.75 Å². The van der Waals surface area contributed by atoms with Crippen molar-refractivity contribution >= 4 is 39.2 Å². The van der Waals surface area contributed by atoms with Crippen LogP contribution in [0.2, 0.25) is 5.02 Å². The number of rotatable bonds is 9. The van der Waals surface area contributed by atoms with Crippen LogP contribution in [0.3, 0.4) is 0 Å². The minimum Gasteiger partial charge on any atom is -0.491 e. The number of morpholine rings is 1. The van der Waals surface area contributed by atoms with Gasteiger partial charge in [-0.15, -0.1) is 0 Å². The van der Waals surface area contributed by atoms with Crippen LogP contribution in [-0.4, -0.2) is 79.6 Å². The number of amides is 2. The lowest BCUT2D eigenvalue weighted by Gasteiger charge is -2.31. The fourth-order valence-electron chi connectivity index (χ4n) is 3.16. The predicted molar refractivity (Wildman–Crippen MR) is 125 cm³/mol. The number of benzene rings is 2. The Bertz CT molecular complexity index is 884. The molecular formula is C22H26BrClFN3O4. The molecule has 0 bridgehead atoms. The van der Waals surface area contributed by atoms with E-state index in [1.165, 1.54) is 12.1 Å². The average molecular weight is 531 g/mol. The molecule has 0 saturated carbocycles. The van der Waals surface area contributed by atoms with Gasteiger partial charge in [0.1, 0.15) is 24.3 Å². The summed E-state index contributed by atoms with van der Waals surface area (Å²) in [5.74, 6) is -0.343. The zero-order valence-corrected chi connectivity index (χ0v) is 19.8. The van der Waals surface area contributed by atoms with Crippen molar-refractivity contribution in [1.29, 1.82) is 0 Å². The molecule has 0 spiro atoms. The minimum absolute atomic E-state index is 0.00296. The summed E-state index contributed by atoms with van der Waals surface area (Å²) in [5, 5.41) is 13.3. The number of nitrogens with zero attached hydrogens (tertiary/aromatic N) is 2. The Morgan fingerprint density at radius 2 is 2.00 bits per heavy atom. The molecule has 0 aliphatic carbocycles. The van der Waals surface area contributed by atoms with Crippen molar-refractivity contribution in [2.45, 2.75) is 6.10 Å². The smallest absolute Gasteiger partial charge is 0.321 e. The number of aliphatic hydroxyl groups is 1. The van der Waals surface area contributed by atoms with Crippen molar-refractivity contribution in [2.75, 3.05) is 57.9 Å². The second-order valence-electron chi connectivity index (χ2n) is 7.38. The van der Waals surface area contributed by atoms with Gasteiger partial charge >= 0.3 is 6.03 Å². The molecule has 174 valence electrons. The lowest BCUT2D eigenvalue weighted by Crippen LogP contribution is -2.47. The van der Waals surface area contributed by atoms with Crippen LogP contribution in [-0.2, 0) is 4.74 Å². The Morgan fingerprint density at radius 1 is 1.28 bits per heavy atom. The van der Waals surface area contributed by atoms with Gasteiger partial charge in [0.25, 0.3) is 0 Å². The molecule has 7 nitrogen and oxygen atoms in total. The maximum Gasteiger partial charge on any atom is 0.321 e. The molecular weight excluding hydrogens is 505 g/mol. The van der Waals surface area contributed by atoms with Crippen LogP contribution < -0.4 is 10.1 Å². The summed E-state index contributed by atoms with van der Waals surface area (Å²) in [4.78, 5) is 16.7. The van der Waals surface area contributed by atoms with Gasteiger partial charge in [-0.05, 0) is 36.4 Å². The molecule has 10 heteroatoms.